The van der Waals surface area contributed by atoms with Crippen LogP contribution in [0.1, 0.15) is 44.0 Å². The highest BCUT2D eigenvalue weighted by Crippen LogP contribution is 2.26. The summed E-state index contributed by atoms with van der Waals surface area (Å²) in [7, 11) is 1.63. The van der Waals surface area contributed by atoms with Crippen LogP contribution in [0.25, 0.3) is 33.1 Å². The zero-order chi connectivity index (χ0) is 27.2. The van der Waals surface area contributed by atoms with E-state index in [2.05, 4.69) is 44.9 Å². The summed E-state index contributed by atoms with van der Waals surface area (Å²) in [6, 6.07) is 21.0. The molecule has 5 aromatic rings. The molecule has 3 aromatic carbocycles. The van der Waals surface area contributed by atoms with E-state index in [-0.39, 0.29) is 24.4 Å². The summed E-state index contributed by atoms with van der Waals surface area (Å²) >= 11 is 0. The van der Waals surface area contributed by atoms with E-state index in [1.165, 1.54) is 4.57 Å². The minimum absolute atomic E-state index is 0.0173. The van der Waals surface area contributed by atoms with Gasteiger partial charge in [0, 0.05) is 19.0 Å². The first-order valence-electron chi connectivity index (χ1n) is 13.1. The maximum absolute atomic E-state index is 13.1. The Hall–Kier alpha value is -4.66. The molecule has 0 radical (unpaired) electrons. The zero-order valence-corrected chi connectivity index (χ0v) is 21.8. The summed E-state index contributed by atoms with van der Waals surface area (Å²) in [5.74, 6) is -0.234. The molecule has 0 bridgehead atoms. The number of amides is 2. The van der Waals surface area contributed by atoms with Gasteiger partial charge >= 0.3 is 5.76 Å². The van der Waals surface area contributed by atoms with Crippen molar-refractivity contribution < 1.29 is 14.0 Å². The number of H-pyrrole nitrogens is 1. The van der Waals surface area contributed by atoms with Crippen molar-refractivity contribution in [3.63, 3.8) is 0 Å². The summed E-state index contributed by atoms with van der Waals surface area (Å²) in [4.78, 5) is 45.0. The number of nitrogens with zero attached hydrogens (tertiary/aromatic N) is 2. The third-order valence-corrected chi connectivity index (χ3v) is 6.87. The molecule has 0 saturated carbocycles. The topological polar surface area (TPSA) is 122 Å². The minimum atomic E-state index is -0.575. The maximum atomic E-state index is 13.1. The molecule has 0 saturated heterocycles. The van der Waals surface area contributed by atoms with Gasteiger partial charge in [-0.25, -0.2) is 9.78 Å². The van der Waals surface area contributed by atoms with Crippen LogP contribution >= 0.6 is 0 Å². The van der Waals surface area contributed by atoms with Crippen molar-refractivity contribution in [3.8, 4) is 11.3 Å². The molecular weight excluding hydrogens is 494 g/mol. The number of rotatable bonds is 11. The van der Waals surface area contributed by atoms with Crippen molar-refractivity contribution in [1.29, 1.82) is 0 Å². The van der Waals surface area contributed by atoms with E-state index in [9.17, 15) is 14.4 Å². The lowest BCUT2D eigenvalue weighted by Gasteiger charge is -2.17. The predicted molar refractivity (Wildman–Crippen MR) is 150 cm³/mol. The lowest BCUT2D eigenvalue weighted by Crippen LogP contribution is -2.34. The van der Waals surface area contributed by atoms with Gasteiger partial charge in [0.05, 0.1) is 23.4 Å². The van der Waals surface area contributed by atoms with Gasteiger partial charge in [-0.3, -0.25) is 14.2 Å². The second kappa shape index (κ2) is 11.8. The van der Waals surface area contributed by atoms with Gasteiger partial charge in [-0.05, 0) is 41.8 Å². The lowest BCUT2D eigenvalue weighted by atomic mass is 10.1. The van der Waals surface area contributed by atoms with Crippen LogP contribution in [-0.4, -0.2) is 33.4 Å². The Morgan fingerprint density at radius 2 is 1.77 bits per heavy atom. The molecular formula is C30H31N5O4. The zero-order valence-electron chi connectivity index (χ0n) is 21.8. The molecule has 0 fully saturated rings. The number of benzene rings is 3. The van der Waals surface area contributed by atoms with Crippen LogP contribution in [0.15, 0.2) is 82.1 Å². The molecule has 0 unspecified atom stereocenters. The van der Waals surface area contributed by atoms with Crippen molar-refractivity contribution >= 4 is 33.7 Å². The largest absolute Gasteiger partial charge is 0.420 e. The molecule has 1 atom stereocenters. The summed E-state index contributed by atoms with van der Waals surface area (Å²) in [6.45, 7) is -0.165. The number of carbonyl (C=O) groups excluding carboxylic acids is 2. The van der Waals surface area contributed by atoms with E-state index in [0.29, 0.717) is 29.8 Å². The fourth-order valence-electron chi connectivity index (χ4n) is 4.78. The molecule has 0 aliphatic heterocycles. The summed E-state index contributed by atoms with van der Waals surface area (Å²) in [5.41, 5.74) is 2.86. The van der Waals surface area contributed by atoms with Crippen molar-refractivity contribution in [3.05, 3.63) is 89.3 Å². The summed E-state index contributed by atoms with van der Waals surface area (Å²) in [5, 5.41) is 7.98. The number of imidazole rings is 1. The highest BCUT2D eigenvalue weighted by atomic mass is 16.4. The molecule has 39 heavy (non-hydrogen) atoms. The van der Waals surface area contributed by atoms with Crippen LogP contribution in [0.3, 0.4) is 0 Å². The van der Waals surface area contributed by atoms with Gasteiger partial charge in [0.25, 0.3) is 0 Å². The van der Waals surface area contributed by atoms with Crippen molar-refractivity contribution in [2.45, 2.75) is 44.7 Å². The first kappa shape index (κ1) is 26.0. The van der Waals surface area contributed by atoms with Gasteiger partial charge in [0.2, 0.25) is 11.8 Å². The third-order valence-electron chi connectivity index (χ3n) is 6.87. The minimum Gasteiger partial charge on any atom is -0.408 e. The molecule has 0 aliphatic rings. The Kier molecular flexibility index (Phi) is 7.86. The average molecular weight is 526 g/mol. The van der Waals surface area contributed by atoms with Gasteiger partial charge in [-0.15, -0.1) is 0 Å². The second-order valence-corrected chi connectivity index (χ2v) is 9.56. The normalized spacial score (nSPS) is 12.0. The Balaban J connectivity index is 1.33. The number of fused-ring (bicyclic) bond motifs is 2. The average Bonchev–Trinajstić information content (AvgIpc) is 3.57. The van der Waals surface area contributed by atoms with Gasteiger partial charge in [0.15, 0.2) is 5.58 Å². The first-order valence-corrected chi connectivity index (χ1v) is 13.1. The van der Waals surface area contributed by atoms with Gasteiger partial charge in [-0.1, -0.05) is 61.4 Å². The molecule has 0 aliphatic carbocycles. The van der Waals surface area contributed by atoms with Crippen LogP contribution in [0.4, 0.5) is 0 Å². The second-order valence-electron chi connectivity index (χ2n) is 9.56. The smallest absolute Gasteiger partial charge is 0.408 e. The van der Waals surface area contributed by atoms with Crippen LogP contribution in [-0.2, 0) is 16.1 Å². The standard InChI is InChI=1S/C30H31N5O4/c1-31-27(36)14-4-2-3-11-23(33-28(37)19-35-25-12-7-8-13-26(25)39-30(35)38)29-32-18-24(34-29)22-16-15-20-9-5-6-10-21(20)17-22/h5-10,12-13,15-18,23H,2-4,11,14,19H2,1H3,(H,31,36)(H,32,34)(H,33,37)/t23-/m0/s1. The number of aromatic amines is 1. The lowest BCUT2D eigenvalue weighted by molar-refractivity contribution is -0.122. The molecule has 2 amide bonds. The van der Waals surface area contributed by atoms with Crippen molar-refractivity contribution in [2.75, 3.05) is 7.05 Å². The number of hydrogen-bond donors (Lipinski definition) is 3. The van der Waals surface area contributed by atoms with Gasteiger partial charge in [0.1, 0.15) is 12.4 Å². The Morgan fingerprint density at radius 1 is 0.974 bits per heavy atom. The van der Waals surface area contributed by atoms with E-state index in [1.54, 1.807) is 37.5 Å². The highest BCUT2D eigenvalue weighted by molar-refractivity contribution is 5.86. The fourth-order valence-corrected chi connectivity index (χ4v) is 4.78. The van der Waals surface area contributed by atoms with E-state index in [1.807, 2.05) is 18.2 Å². The number of nitrogens with one attached hydrogen (secondary N) is 3. The molecule has 9 heteroatoms. The van der Waals surface area contributed by atoms with Crippen molar-refractivity contribution in [2.24, 2.45) is 0 Å². The monoisotopic (exact) mass is 525 g/mol. The fraction of sp³-hybridized carbons (Fsp3) is 0.267. The highest BCUT2D eigenvalue weighted by Gasteiger charge is 2.20. The van der Waals surface area contributed by atoms with Crippen molar-refractivity contribution in [1.82, 2.24) is 25.2 Å². The van der Waals surface area contributed by atoms with E-state index in [4.69, 9.17) is 4.42 Å². The number of unbranched alkanes of at least 4 members (excludes halogenated alkanes) is 2. The van der Waals surface area contributed by atoms with E-state index in [0.717, 1.165) is 41.3 Å². The SMILES string of the molecule is CNC(=O)CCCCC[C@H](NC(=O)Cn1c(=O)oc2ccccc21)c1ncc(-c2ccc3ccccc3c2)[nH]1. The van der Waals surface area contributed by atoms with Gasteiger partial charge in [-0.2, -0.15) is 0 Å². The molecule has 200 valence electrons. The Morgan fingerprint density at radius 3 is 2.62 bits per heavy atom. The number of oxazole rings is 1. The first-order chi connectivity index (χ1) is 19.0. The molecule has 5 rings (SSSR count). The van der Waals surface area contributed by atoms with E-state index >= 15 is 0 Å². The predicted octanol–water partition coefficient (Wildman–Crippen LogP) is 4.69. The third kappa shape index (κ3) is 6.09. The van der Waals surface area contributed by atoms with Crippen LogP contribution in [0, 0.1) is 0 Å². The van der Waals surface area contributed by atoms with E-state index < -0.39 is 5.76 Å². The maximum Gasteiger partial charge on any atom is 0.420 e. The summed E-state index contributed by atoms with van der Waals surface area (Å²) in [6.07, 6.45) is 5.27. The quantitative estimate of drug-likeness (QED) is 0.216. The number of para-hydroxylation sites is 2. The molecule has 2 heterocycles. The van der Waals surface area contributed by atoms with Crippen LogP contribution < -0.4 is 16.4 Å². The molecule has 0 spiro atoms. The van der Waals surface area contributed by atoms with Gasteiger partial charge < -0.3 is 20.0 Å². The summed E-state index contributed by atoms with van der Waals surface area (Å²) < 4.78 is 6.60. The Bertz CT molecular complexity index is 1660. The molecule has 3 N–H and O–H groups in total. The van der Waals surface area contributed by atoms with Crippen LogP contribution in [0.2, 0.25) is 0 Å². The number of hydrogen-bond acceptors (Lipinski definition) is 5. The van der Waals surface area contributed by atoms with Crippen LogP contribution in [0.5, 0.6) is 0 Å². The number of carbonyl (C=O) groups is 2. The molecule has 9 nitrogen and oxygen atoms in total. The number of aromatic nitrogens is 3. The Labute approximate surface area is 225 Å². The molecule has 2 aromatic heterocycles.